The van der Waals surface area contributed by atoms with Crippen molar-refractivity contribution in [2.75, 3.05) is 0 Å². The molecule has 0 saturated heterocycles. The lowest BCUT2D eigenvalue weighted by Gasteiger charge is -2.22. The van der Waals surface area contributed by atoms with E-state index < -0.39 is 5.97 Å². The Morgan fingerprint density at radius 2 is 2.10 bits per heavy atom. The molecule has 0 bridgehead atoms. The van der Waals surface area contributed by atoms with Gasteiger partial charge in [-0.2, -0.15) is 5.10 Å². The zero-order valence-corrected chi connectivity index (χ0v) is 12.8. The number of aryl methyl sites for hydroxylation is 2. The Hall–Kier alpha value is -1.36. The zero-order chi connectivity index (χ0) is 14.3. The lowest BCUT2D eigenvalue weighted by molar-refractivity contribution is 0.0701. The zero-order valence-electron chi connectivity index (χ0n) is 12.0. The normalized spacial score (nSPS) is 16.9. The van der Waals surface area contributed by atoms with Gasteiger partial charge >= 0.3 is 5.97 Å². The molecule has 2 heterocycles. The van der Waals surface area contributed by atoms with E-state index >= 15 is 0 Å². The molecule has 0 atom stereocenters. The molecular weight excluding hydrogens is 272 g/mol. The summed E-state index contributed by atoms with van der Waals surface area (Å²) in [5.74, 6) is -0.808. The third kappa shape index (κ3) is 2.04. The minimum Gasteiger partial charge on any atom is -0.477 e. The highest BCUT2D eigenvalue weighted by Crippen LogP contribution is 2.38. The Labute approximate surface area is 122 Å². The van der Waals surface area contributed by atoms with E-state index in [0.717, 1.165) is 40.7 Å². The van der Waals surface area contributed by atoms with Crippen LogP contribution in [0.3, 0.4) is 0 Å². The quantitative estimate of drug-likeness (QED) is 0.923. The van der Waals surface area contributed by atoms with Crippen LogP contribution in [0.2, 0.25) is 0 Å². The van der Waals surface area contributed by atoms with Crippen molar-refractivity contribution in [3.8, 4) is 0 Å². The first-order valence-corrected chi connectivity index (χ1v) is 8.19. The molecule has 0 aliphatic heterocycles. The minimum absolute atomic E-state index is 0.449. The maximum Gasteiger partial charge on any atom is 0.346 e. The van der Waals surface area contributed by atoms with Gasteiger partial charge in [-0.05, 0) is 31.7 Å². The second kappa shape index (κ2) is 5.20. The third-order valence-electron chi connectivity index (χ3n) is 4.28. The topological polar surface area (TPSA) is 55.1 Å². The van der Waals surface area contributed by atoms with Crippen molar-refractivity contribution in [1.82, 2.24) is 9.78 Å². The molecule has 0 radical (unpaired) electrons. The maximum absolute atomic E-state index is 11.4. The Morgan fingerprint density at radius 1 is 1.40 bits per heavy atom. The summed E-state index contributed by atoms with van der Waals surface area (Å²) in [7, 11) is 0. The van der Waals surface area contributed by atoms with E-state index in [1.54, 1.807) is 0 Å². The number of hydrogen-bond acceptors (Lipinski definition) is 3. The number of carbonyl (C=O) groups is 1. The van der Waals surface area contributed by atoms with E-state index in [4.69, 9.17) is 5.10 Å². The fourth-order valence-electron chi connectivity index (χ4n) is 3.33. The molecule has 2 aromatic heterocycles. The maximum atomic E-state index is 11.4. The smallest absolute Gasteiger partial charge is 0.346 e. The molecule has 1 saturated carbocycles. The van der Waals surface area contributed by atoms with Crippen LogP contribution in [0.15, 0.2) is 0 Å². The van der Waals surface area contributed by atoms with Crippen LogP contribution in [0.5, 0.6) is 0 Å². The molecule has 0 aromatic carbocycles. The summed E-state index contributed by atoms with van der Waals surface area (Å²) in [5, 5.41) is 15.2. The number of rotatable bonds is 3. The molecule has 108 valence electrons. The van der Waals surface area contributed by atoms with Crippen LogP contribution >= 0.6 is 11.3 Å². The van der Waals surface area contributed by atoms with E-state index in [-0.39, 0.29) is 0 Å². The highest BCUT2D eigenvalue weighted by Gasteiger charge is 2.25. The second-order valence-corrected chi connectivity index (χ2v) is 6.57. The van der Waals surface area contributed by atoms with Gasteiger partial charge in [0.15, 0.2) is 0 Å². The average Bonchev–Trinajstić information content (AvgIpc) is 2.98. The number of hydrogen-bond donors (Lipinski definition) is 1. The molecule has 1 fully saturated rings. The van der Waals surface area contributed by atoms with Crippen LogP contribution in [-0.2, 0) is 6.42 Å². The van der Waals surface area contributed by atoms with Crippen LogP contribution in [0.4, 0.5) is 0 Å². The number of carboxylic acid groups (broad SMARTS) is 1. The fourth-order valence-corrected chi connectivity index (χ4v) is 4.63. The molecule has 20 heavy (non-hydrogen) atoms. The van der Waals surface area contributed by atoms with E-state index in [2.05, 4.69) is 4.68 Å². The van der Waals surface area contributed by atoms with Gasteiger partial charge < -0.3 is 5.11 Å². The summed E-state index contributed by atoms with van der Waals surface area (Å²) in [4.78, 5) is 13.0. The summed E-state index contributed by atoms with van der Waals surface area (Å²) in [5.41, 5.74) is 1.93. The lowest BCUT2D eigenvalue weighted by atomic mass is 9.96. The van der Waals surface area contributed by atoms with Crippen LogP contribution in [0, 0.1) is 6.92 Å². The lowest BCUT2D eigenvalue weighted by Crippen LogP contribution is -2.13. The van der Waals surface area contributed by atoms with Crippen molar-refractivity contribution in [1.29, 1.82) is 0 Å². The van der Waals surface area contributed by atoms with Crippen molar-refractivity contribution in [3.05, 3.63) is 16.1 Å². The average molecular weight is 292 g/mol. The predicted octanol–water partition coefficient (Wildman–Crippen LogP) is 4.17. The monoisotopic (exact) mass is 292 g/mol. The molecule has 0 unspecified atom stereocenters. The van der Waals surface area contributed by atoms with Crippen molar-refractivity contribution in [3.63, 3.8) is 0 Å². The molecule has 0 spiro atoms. The van der Waals surface area contributed by atoms with Crippen molar-refractivity contribution in [2.45, 2.75) is 58.4 Å². The van der Waals surface area contributed by atoms with Gasteiger partial charge in [-0.25, -0.2) is 4.79 Å². The first-order valence-electron chi connectivity index (χ1n) is 7.37. The van der Waals surface area contributed by atoms with E-state index in [9.17, 15) is 9.90 Å². The molecule has 4 nitrogen and oxygen atoms in total. The van der Waals surface area contributed by atoms with Gasteiger partial charge in [0.25, 0.3) is 0 Å². The standard InChI is InChI=1S/C15H20N2O2S/c1-3-11-12-9(2)16-17(10-7-5-4-6-8-10)14(12)20-13(11)15(18)19/h10H,3-8H2,1-2H3,(H,18,19). The molecule has 5 heteroatoms. The number of thiophene rings is 1. The Morgan fingerprint density at radius 3 is 2.70 bits per heavy atom. The highest BCUT2D eigenvalue weighted by molar-refractivity contribution is 7.20. The number of aromatic nitrogens is 2. The minimum atomic E-state index is -0.808. The number of carboxylic acids is 1. The van der Waals surface area contributed by atoms with Gasteiger partial charge in [-0.3, -0.25) is 4.68 Å². The van der Waals surface area contributed by atoms with Gasteiger partial charge in [0.2, 0.25) is 0 Å². The Bertz CT molecular complexity index is 650. The fraction of sp³-hybridized carbons (Fsp3) is 0.600. The van der Waals surface area contributed by atoms with E-state index in [1.165, 1.54) is 30.6 Å². The van der Waals surface area contributed by atoms with Crippen LogP contribution in [0.25, 0.3) is 10.2 Å². The summed E-state index contributed by atoms with van der Waals surface area (Å²) in [6.07, 6.45) is 6.89. The van der Waals surface area contributed by atoms with Crippen LogP contribution in [-0.4, -0.2) is 20.9 Å². The molecule has 3 rings (SSSR count). The first-order chi connectivity index (χ1) is 9.63. The molecule has 0 amide bonds. The van der Waals surface area contributed by atoms with E-state index in [0.29, 0.717) is 10.9 Å². The number of fused-ring (bicyclic) bond motifs is 1. The van der Waals surface area contributed by atoms with Crippen LogP contribution < -0.4 is 0 Å². The largest absolute Gasteiger partial charge is 0.477 e. The van der Waals surface area contributed by atoms with Crippen molar-refractivity contribution >= 4 is 27.5 Å². The Kier molecular flexibility index (Phi) is 3.54. The predicted molar refractivity (Wildman–Crippen MR) is 80.8 cm³/mol. The van der Waals surface area contributed by atoms with Gasteiger partial charge in [-0.15, -0.1) is 11.3 Å². The van der Waals surface area contributed by atoms with Gasteiger partial charge in [0.1, 0.15) is 9.71 Å². The van der Waals surface area contributed by atoms with Gasteiger partial charge in [0, 0.05) is 5.39 Å². The molecule has 2 aromatic rings. The second-order valence-electron chi connectivity index (χ2n) is 5.57. The summed E-state index contributed by atoms with van der Waals surface area (Å²) in [6.45, 7) is 4.02. The Balaban J connectivity index is 2.17. The molecular formula is C15H20N2O2S. The summed E-state index contributed by atoms with van der Waals surface area (Å²) < 4.78 is 2.11. The third-order valence-corrected chi connectivity index (χ3v) is 5.49. The van der Waals surface area contributed by atoms with Gasteiger partial charge in [-0.1, -0.05) is 26.2 Å². The van der Waals surface area contributed by atoms with Crippen LogP contribution in [0.1, 0.15) is 66.0 Å². The summed E-state index contributed by atoms with van der Waals surface area (Å²) in [6, 6.07) is 0.449. The SMILES string of the molecule is CCc1c(C(=O)O)sc2c1c(C)nn2C1CCCCC1. The number of nitrogens with zero attached hydrogens (tertiary/aromatic N) is 2. The van der Waals surface area contributed by atoms with Gasteiger partial charge in [0.05, 0.1) is 11.7 Å². The molecule has 1 aliphatic rings. The molecule has 1 N–H and O–H groups in total. The van der Waals surface area contributed by atoms with Crippen molar-refractivity contribution < 1.29 is 9.90 Å². The molecule has 1 aliphatic carbocycles. The first kappa shape index (κ1) is 13.6. The van der Waals surface area contributed by atoms with E-state index in [1.807, 2.05) is 13.8 Å². The summed E-state index contributed by atoms with van der Waals surface area (Å²) >= 11 is 1.40. The van der Waals surface area contributed by atoms with Crippen molar-refractivity contribution in [2.24, 2.45) is 0 Å². The highest BCUT2D eigenvalue weighted by atomic mass is 32.1. The number of aromatic carboxylic acids is 1.